The summed E-state index contributed by atoms with van der Waals surface area (Å²) in [6.07, 6.45) is -7.88. The number of aliphatic hydroxyl groups excluding tert-OH is 2. The maximum absolute atomic E-state index is 11.5. The maximum Gasteiger partial charge on any atom is 0.339 e. The van der Waals surface area contributed by atoms with Crippen LogP contribution in [-0.4, -0.2) is 65.9 Å². The monoisotopic (exact) mass is 292 g/mol. The van der Waals surface area contributed by atoms with E-state index in [0.717, 1.165) is 21.0 Å². The zero-order chi connectivity index (χ0) is 15.4. The summed E-state index contributed by atoms with van der Waals surface area (Å²) in [6, 6.07) is 0. The largest absolute Gasteiger partial charge is 0.467 e. The van der Waals surface area contributed by atoms with Crippen LogP contribution in [0.2, 0.25) is 0 Å². The fraction of sp³-hybridized carbons (Fsp3) is 0.727. The Bertz CT molecular complexity index is 393. The van der Waals surface area contributed by atoms with Crippen LogP contribution in [0.3, 0.4) is 0 Å². The molecule has 0 amide bonds. The molecule has 0 aromatic carbocycles. The molecule has 0 aromatic heterocycles. The summed E-state index contributed by atoms with van der Waals surface area (Å²) < 4.78 is 18.8. The quantitative estimate of drug-likeness (QED) is 0.452. The Morgan fingerprint density at radius 3 is 1.95 bits per heavy atom. The molecule has 1 heterocycles. The normalized spacial score (nSPS) is 33.1. The maximum atomic E-state index is 11.5. The summed E-state index contributed by atoms with van der Waals surface area (Å²) in [5.74, 6) is -2.52. The fourth-order valence-corrected chi connectivity index (χ4v) is 1.79. The van der Waals surface area contributed by atoms with Crippen LogP contribution >= 0.6 is 0 Å². The molecule has 5 atom stereocenters. The van der Waals surface area contributed by atoms with Gasteiger partial charge in [-0.3, -0.25) is 9.59 Å². The van der Waals surface area contributed by atoms with E-state index < -0.39 is 48.6 Å². The van der Waals surface area contributed by atoms with Crippen molar-refractivity contribution >= 4 is 17.9 Å². The van der Waals surface area contributed by atoms with Crippen molar-refractivity contribution in [2.45, 2.75) is 44.6 Å². The predicted molar refractivity (Wildman–Crippen MR) is 60.0 cm³/mol. The number of carbonyl (C=O) groups is 3. The molecule has 0 aromatic rings. The van der Waals surface area contributed by atoms with Crippen molar-refractivity contribution in [1.29, 1.82) is 0 Å². The zero-order valence-electron chi connectivity index (χ0n) is 11.1. The van der Waals surface area contributed by atoms with E-state index in [4.69, 9.17) is 9.47 Å². The average molecular weight is 292 g/mol. The number of rotatable bonds is 3. The molecule has 1 rings (SSSR count). The number of carbonyl (C=O) groups excluding carboxylic acids is 3. The van der Waals surface area contributed by atoms with Gasteiger partial charge in [-0.2, -0.15) is 0 Å². The van der Waals surface area contributed by atoms with Crippen molar-refractivity contribution in [3.63, 3.8) is 0 Å². The lowest BCUT2D eigenvalue weighted by Gasteiger charge is -2.40. The van der Waals surface area contributed by atoms with Crippen LogP contribution < -0.4 is 0 Å². The van der Waals surface area contributed by atoms with Gasteiger partial charge in [-0.25, -0.2) is 4.79 Å². The Morgan fingerprint density at radius 1 is 1.00 bits per heavy atom. The SMILES string of the molecule is COC(=O)[C@H]1OC(O)[C@H](OC(C)=O)[C@@H](O)[C@@H]1OC(C)=O. The molecule has 1 unspecified atom stereocenters. The van der Waals surface area contributed by atoms with Gasteiger partial charge in [0, 0.05) is 13.8 Å². The summed E-state index contributed by atoms with van der Waals surface area (Å²) in [4.78, 5) is 33.4. The van der Waals surface area contributed by atoms with Gasteiger partial charge in [-0.05, 0) is 0 Å². The lowest BCUT2D eigenvalue weighted by atomic mass is 9.98. The lowest BCUT2D eigenvalue weighted by Crippen LogP contribution is -2.62. The van der Waals surface area contributed by atoms with Crippen molar-refractivity contribution in [1.82, 2.24) is 0 Å². The van der Waals surface area contributed by atoms with Crippen molar-refractivity contribution < 1.29 is 43.5 Å². The molecule has 1 fully saturated rings. The number of aliphatic hydroxyl groups is 2. The Labute approximate surface area is 114 Å². The topological polar surface area (TPSA) is 129 Å². The van der Waals surface area contributed by atoms with Crippen molar-refractivity contribution in [2.24, 2.45) is 0 Å². The van der Waals surface area contributed by atoms with Gasteiger partial charge in [-0.1, -0.05) is 0 Å². The molecule has 114 valence electrons. The average Bonchev–Trinajstić information content (AvgIpc) is 2.36. The van der Waals surface area contributed by atoms with Crippen LogP contribution in [0.5, 0.6) is 0 Å². The third-order valence-corrected chi connectivity index (χ3v) is 2.58. The highest BCUT2D eigenvalue weighted by molar-refractivity contribution is 5.76. The molecule has 0 aliphatic carbocycles. The first-order valence-electron chi connectivity index (χ1n) is 5.71. The minimum Gasteiger partial charge on any atom is -0.467 e. The van der Waals surface area contributed by atoms with Gasteiger partial charge in [0.25, 0.3) is 0 Å². The lowest BCUT2D eigenvalue weighted by molar-refractivity contribution is -0.287. The summed E-state index contributed by atoms with van der Waals surface area (Å²) >= 11 is 0. The first-order chi connectivity index (χ1) is 9.27. The highest BCUT2D eigenvalue weighted by Crippen LogP contribution is 2.25. The van der Waals surface area contributed by atoms with Crippen molar-refractivity contribution in [3.05, 3.63) is 0 Å². The van der Waals surface area contributed by atoms with Gasteiger partial charge in [0.1, 0.15) is 6.10 Å². The van der Waals surface area contributed by atoms with E-state index in [-0.39, 0.29) is 0 Å². The van der Waals surface area contributed by atoms with Crippen molar-refractivity contribution in [2.75, 3.05) is 7.11 Å². The zero-order valence-corrected chi connectivity index (χ0v) is 11.1. The standard InChI is InChI=1S/C11H16O9/c1-4(12)18-7-6(14)8(19-5(2)13)11(16)20-9(7)10(15)17-3/h6-9,11,14,16H,1-3H3/t6-,7-,8+,9-,11?/m0/s1. The van der Waals surface area contributed by atoms with Gasteiger partial charge in [-0.15, -0.1) is 0 Å². The number of esters is 3. The summed E-state index contributed by atoms with van der Waals surface area (Å²) in [5, 5.41) is 19.7. The van der Waals surface area contributed by atoms with E-state index >= 15 is 0 Å². The van der Waals surface area contributed by atoms with Crippen LogP contribution in [0, 0.1) is 0 Å². The fourth-order valence-electron chi connectivity index (χ4n) is 1.79. The minimum atomic E-state index is -1.76. The second-order valence-electron chi connectivity index (χ2n) is 4.11. The first kappa shape index (κ1) is 16.3. The molecule has 20 heavy (non-hydrogen) atoms. The predicted octanol–water partition coefficient (Wildman–Crippen LogP) is -1.90. The van der Waals surface area contributed by atoms with Gasteiger partial charge in [0.15, 0.2) is 24.6 Å². The number of hydrogen-bond acceptors (Lipinski definition) is 9. The van der Waals surface area contributed by atoms with Crippen LogP contribution in [0.1, 0.15) is 13.8 Å². The molecule has 0 bridgehead atoms. The van der Waals surface area contributed by atoms with E-state index in [2.05, 4.69) is 9.47 Å². The number of hydrogen-bond donors (Lipinski definition) is 2. The third kappa shape index (κ3) is 3.65. The Balaban J connectivity index is 2.98. The molecule has 1 aliphatic rings. The first-order valence-corrected chi connectivity index (χ1v) is 5.71. The molecule has 2 N–H and O–H groups in total. The second kappa shape index (κ2) is 6.64. The summed E-state index contributed by atoms with van der Waals surface area (Å²) in [6.45, 7) is 2.12. The molecular formula is C11H16O9. The Hall–Kier alpha value is -1.71. The highest BCUT2D eigenvalue weighted by Gasteiger charge is 2.51. The Morgan fingerprint density at radius 2 is 1.50 bits per heavy atom. The van der Waals surface area contributed by atoms with Crippen LogP contribution in [0.25, 0.3) is 0 Å². The van der Waals surface area contributed by atoms with E-state index in [1.807, 2.05) is 0 Å². The smallest absolute Gasteiger partial charge is 0.339 e. The van der Waals surface area contributed by atoms with Crippen LogP contribution in [0.15, 0.2) is 0 Å². The molecule has 9 heteroatoms. The molecule has 0 spiro atoms. The van der Waals surface area contributed by atoms with Gasteiger partial charge < -0.3 is 29.2 Å². The van der Waals surface area contributed by atoms with E-state index in [1.54, 1.807) is 0 Å². The van der Waals surface area contributed by atoms with Crippen LogP contribution in [-0.2, 0) is 33.3 Å². The van der Waals surface area contributed by atoms with Gasteiger partial charge >= 0.3 is 17.9 Å². The summed E-state index contributed by atoms with van der Waals surface area (Å²) in [7, 11) is 1.06. The van der Waals surface area contributed by atoms with Gasteiger partial charge in [0.05, 0.1) is 7.11 Å². The molecule has 0 radical (unpaired) electrons. The molecule has 9 nitrogen and oxygen atoms in total. The van der Waals surface area contributed by atoms with Crippen LogP contribution in [0.4, 0.5) is 0 Å². The Kier molecular flexibility index (Phi) is 5.43. The van der Waals surface area contributed by atoms with E-state index in [9.17, 15) is 24.6 Å². The molecule has 0 saturated carbocycles. The highest BCUT2D eigenvalue weighted by atomic mass is 16.7. The van der Waals surface area contributed by atoms with Gasteiger partial charge in [0.2, 0.25) is 0 Å². The number of methoxy groups -OCH3 is 1. The third-order valence-electron chi connectivity index (χ3n) is 2.58. The molecule has 1 saturated heterocycles. The summed E-state index contributed by atoms with van der Waals surface area (Å²) in [5.41, 5.74) is 0. The number of ether oxygens (including phenoxy) is 4. The van der Waals surface area contributed by atoms with E-state index in [1.165, 1.54) is 0 Å². The van der Waals surface area contributed by atoms with Crippen molar-refractivity contribution in [3.8, 4) is 0 Å². The second-order valence-corrected chi connectivity index (χ2v) is 4.11. The molecule has 1 aliphatic heterocycles. The van der Waals surface area contributed by atoms with E-state index in [0.29, 0.717) is 0 Å². The molecular weight excluding hydrogens is 276 g/mol. The minimum absolute atomic E-state index is 0.783.